The average molecular weight is 276 g/mol. The lowest BCUT2D eigenvalue weighted by atomic mass is 10.1. The molecule has 2 aromatic rings. The number of carbonyl (C=O) groups is 1. The summed E-state index contributed by atoms with van der Waals surface area (Å²) in [5, 5.41) is 9.53. The van der Waals surface area contributed by atoms with Crippen LogP contribution in [-0.2, 0) is 9.84 Å². The molecule has 0 unspecified atom stereocenters. The smallest absolute Gasteiger partial charge is 0.206 e. The standard InChI is InChI=1S/C14H12O4S/c1-10(15)13-9-12(7-8-14(13)16)19(17,18)11-5-3-2-4-6-11/h2-9,16H,1H3. The zero-order chi connectivity index (χ0) is 14.0. The number of Topliss-reactive ketones (excluding diaryl/α,β-unsaturated/α-hetero) is 1. The second-order valence-corrected chi connectivity index (χ2v) is 6.00. The van der Waals surface area contributed by atoms with Crippen molar-refractivity contribution in [3.8, 4) is 5.75 Å². The van der Waals surface area contributed by atoms with Gasteiger partial charge < -0.3 is 5.11 Å². The molecule has 0 amide bonds. The number of rotatable bonds is 3. The van der Waals surface area contributed by atoms with Crippen molar-refractivity contribution in [3.05, 3.63) is 54.1 Å². The van der Waals surface area contributed by atoms with Gasteiger partial charge >= 0.3 is 0 Å². The van der Waals surface area contributed by atoms with E-state index in [0.29, 0.717) is 0 Å². The number of carbonyl (C=O) groups excluding carboxylic acids is 1. The summed E-state index contributed by atoms with van der Waals surface area (Å²) < 4.78 is 24.7. The molecule has 4 nitrogen and oxygen atoms in total. The highest BCUT2D eigenvalue weighted by atomic mass is 32.2. The summed E-state index contributed by atoms with van der Waals surface area (Å²) in [6.45, 7) is 1.27. The van der Waals surface area contributed by atoms with Gasteiger partial charge in [0.05, 0.1) is 15.4 Å². The fourth-order valence-electron chi connectivity index (χ4n) is 1.70. The number of phenolic OH excluding ortho intramolecular Hbond substituents is 1. The van der Waals surface area contributed by atoms with Crippen molar-refractivity contribution < 1.29 is 18.3 Å². The molecule has 0 fully saturated rings. The van der Waals surface area contributed by atoms with Crippen LogP contribution in [-0.4, -0.2) is 19.3 Å². The van der Waals surface area contributed by atoms with E-state index in [1.807, 2.05) is 0 Å². The molecule has 0 heterocycles. The van der Waals surface area contributed by atoms with Crippen LogP contribution in [0.1, 0.15) is 17.3 Å². The van der Waals surface area contributed by atoms with Gasteiger partial charge in [0.15, 0.2) is 5.78 Å². The topological polar surface area (TPSA) is 71.4 Å². The first-order chi connectivity index (χ1) is 8.93. The van der Waals surface area contributed by atoms with E-state index in [4.69, 9.17) is 0 Å². The summed E-state index contributed by atoms with van der Waals surface area (Å²) in [5.41, 5.74) is -0.00277. The molecule has 2 aromatic carbocycles. The third kappa shape index (κ3) is 2.51. The molecule has 0 aliphatic rings. The number of hydrogen-bond donors (Lipinski definition) is 1. The predicted octanol–water partition coefficient (Wildman–Crippen LogP) is 2.43. The maximum Gasteiger partial charge on any atom is 0.206 e. The molecule has 2 rings (SSSR count). The Bertz CT molecular complexity index is 718. The molecule has 1 N–H and O–H groups in total. The van der Waals surface area contributed by atoms with E-state index >= 15 is 0 Å². The molecule has 0 aliphatic carbocycles. The van der Waals surface area contributed by atoms with Gasteiger partial charge in [0.25, 0.3) is 0 Å². The van der Waals surface area contributed by atoms with Gasteiger partial charge in [-0.3, -0.25) is 4.79 Å². The minimum Gasteiger partial charge on any atom is -0.507 e. The van der Waals surface area contributed by atoms with E-state index in [0.717, 1.165) is 0 Å². The van der Waals surface area contributed by atoms with Gasteiger partial charge in [0, 0.05) is 0 Å². The number of sulfone groups is 1. The number of benzene rings is 2. The number of phenols is 1. The predicted molar refractivity (Wildman–Crippen MR) is 70.0 cm³/mol. The van der Waals surface area contributed by atoms with Gasteiger partial charge in [-0.25, -0.2) is 8.42 Å². The van der Waals surface area contributed by atoms with E-state index in [1.165, 1.54) is 37.3 Å². The van der Waals surface area contributed by atoms with Gasteiger partial charge in [0.1, 0.15) is 5.75 Å². The number of ketones is 1. The lowest BCUT2D eigenvalue weighted by Crippen LogP contribution is -2.03. The normalized spacial score (nSPS) is 11.2. The molecule has 0 saturated carbocycles. The van der Waals surface area contributed by atoms with E-state index in [1.54, 1.807) is 18.2 Å². The summed E-state index contributed by atoms with van der Waals surface area (Å²) in [7, 11) is -3.68. The molecule has 98 valence electrons. The van der Waals surface area contributed by atoms with Gasteiger partial charge in [-0.15, -0.1) is 0 Å². The lowest BCUT2D eigenvalue weighted by molar-refractivity contribution is 0.101. The Morgan fingerprint density at radius 3 is 2.21 bits per heavy atom. The molecule has 0 saturated heterocycles. The Kier molecular flexibility index (Phi) is 3.40. The molecule has 5 heteroatoms. The van der Waals surface area contributed by atoms with E-state index in [-0.39, 0.29) is 26.9 Å². The number of aromatic hydroxyl groups is 1. The minimum absolute atomic E-state index is 0.00277. The first-order valence-electron chi connectivity index (χ1n) is 5.57. The second kappa shape index (κ2) is 4.85. The third-order valence-corrected chi connectivity index (χ3v) is 4.48. The zero-order valence-electron chi connectivity index (χ0n) is 10.2. The van der Waals surface area contributed by atoms with Crippen molar-refractivity contribution in [2.24, 2.45) is 0 Å². The second-order valence-electron chi connectivity index (χ2n) is 4.05. The van der Waals surface area contributed by atoms with Crippen LogP contribution in [0.3, 0.4) is 0 Å². The summed E-state index contributed by atoms with van der Waals surface area (Å²) in [4.78, 5) is 11.5. The van der Waals surface area contributed by atoms with Crippen molar-refractivity contribution in [1.29, 1.82) is 0 Å². The summed E-state index contributed by atoms with van der Waals surface area (Å²) >= 11 is 0. The maximum absolute atomic E-state index is 12.3. The van der Waals surface area contributed by atoms with Gasteiger partial charge in [-0.05, 0) is 37.3 Å². The highest BCUT2D eigenvalue weighted by molar-refractivity contribution is 7.91. The molecule has 0 spiro atoms. The van der Waals surface area contributed by atoms with E-state index in [2.05, 4.69) is 0 Å². The van der Waals surface area contributed by atoms with E-state index < -0.39 is 9.84 Å². The van der Waals surface area contributed by atoms with Crippen LogP contribution in [0.5, 0.6) is 5.75 Å². The summed E-state index contributed by atoms with van der Waals surface area (Å²) in [6.07, 6.45) is 0. The molecule has 19 heavy (non-hydrogen) atoms. The van der Waals surface area contributed by atoms with Crippen molar-refractivity contribution in [2.45, 2.75) is 16.7 Å². The Hall–Kier alpha value is -2.14. The van der Waals surface area contributed by atoms with Crippen LogP contribution in [0.4, 0.5) is 0 Å². The van der Waals surface area contributed by atoms with Crippen molar-refractivity contribution >= 4 is 15.6 Å². The van der Waals surface area contributed by atoms with Gasteiger partial charge in [-0.1, -0.05) is 18.2 Å². The Labute approximate surface area is 111 Å². The monoisotopic (exact) mass is 276 g/mol. The molecular weight excluding hydrogens is 264 g/mol. The SMILES string of the molecule is CC(=O)c1cc(S(=O)(=O)c2ccccc2)ccc1O. The number of hydrogen-bond acceptors (Lipinski definition) is 4. The first-order valence-corrected chi connectivity index (χ1v) is 7.05. The fourth-order valence-corrected chi connectivity index (χ4v) is 3.01. The fraction of sp³-hybridized carbons (Fsp3) is 0.0714. The maximum atomic E-state index is 12.3. The largest absolute Gasteiger partial charge is 0.507 e. The van der Waals surface area contributed by atoms with Crippen LogP contribution in [0.15, 0.2) is 58.3 Å². The Balaban J connectivity index is 2.60. The molecule has 0 bridgehead atoms. The molecule has 0 atom stereocenters. The molecule has 0 radical (unpaired) electrons. The van der Waals surface area contributed by atoms with Crippen LogP contribution in [0.2, 0.25) is 0 Å². The third-order valence-electron chi connectivity index (χ3n) is 2.71. The van der Waals surface area contributed by atoms with Crippen LogP contribution in [0, 0.1) is 0 Å². The Morgan fingerprint density at radius 2 is 1.63 bits per heavy atom. The molecular formula is C14H12O4S. The van der Waals surface area contributed by atoms with Crippen molar-refractivity contribution in [2.75, 3.05) is 0 Å². The van der Waals surface area contributed by atoms with E-state index in [9.17, 15) is 18.3 Å². The summed E-state index contributed by atoms with van der Waals surface area (Å²) in [6, 6.07) is 11.6. The van der Waals surface area contributed by atoms with Gasteiger partial charge in [0.2, 0.25) is 9.84 Å². The van der Waals surface area contributed by atoms with Crippen LogP contribution in [0.25, 0.3) is 0 Å². The lowest BCUT2D eigenvalue weighted by Gasteiger charge is -2.07. The quantitative estimate of drug-likeness (QED) is 0.874. The highest BCUT2D eigenvalue weighted by Gasteiger charge is 2.19. The minimum atomic E-state index is -3.68. The van der Waals surface area contributed by atoms with Crippen LogP contribution >= 0.6 is 0 Å². The van der Waals surface area contributed by atoms with Gasteiger partial charge in [-0.2, -0.15) is 0 Å². The average Bonchev–Trinajstić information content (AvgIpc) is 2.39. The molecule has 0 aliphatic heterocycles. The highest BCUT2D eigenvalue weighted by Crippen LogP contribution is 2.26. The molecule has 0 aromatic heterocycles. The van der Waals surface area contributed by atoms with Crippen LogP contribution < -0.4 is 0 Å². The van der Waals surface area contributed by atoms with Crippen molar-refractivity contribution in [1.82, 2.24) is 0 Å². The summed E-state index contributed by atoms with van der Waals surface area (Å²) in [5.74, 6) is -0.609. The zero-order valence-corrected chi connectivity index (χ0v) is 11.0. The first kappa shape index (κ1) is 13.3. The Morgan fingerprint density at radius 1 is 1.00 bits per heavy atom. The van der Waals surface area contributed by atoms with Crippen molar-refractivity contribution in [3.63, 3.8) is 0 Å².